The van der Waals surface area contributed by atoms with Crippen molar-refractivity contribution in [3.63, 3.8) is 0 Å². The lowest BCUT2D eigenvalue weighted by molar-refractivity contribution is -0.712. The van der Waals surface area contributed by atoms with E-state index in [1.54, 1.807) is 0 Å². The van der Waals surface area contributed by atoms with Gasteiger partial charge < -0.3 is 15.5 Å². The van der Waals surface area contributed by atoms with Crippen molar-refractivity contribution in [3.05, 3.63) is 5.21 Å². The van der Waals surface area contributed by atoms with Crippen molar-refractivity contribution in [3.8, 4) is 0 Å². The molecule has 0 aromatic heterocycles. The zero-order valence-electron chi connectivity index (χ0n) is 6.76. The summed E-state index contributed by atoms with van der Waals surface area (Å²) in [6.45, 7) is 1.13. The standard InChI is InChI=1S/C6H13N3O3/c10-5-6-2-1-3-8(4-6)9(12)7-11/h6,10-11H,1-5H2. The molecule has 6 nitrogen and oxygen atoms in total. The Labute approximate surface area is 70.2 Å². The quantitative estimate of drug-likeness (QED) is 0.350. The predicted molar refractivity (Wildman–Crippen MR) is 39.2 cm³/mol. The maximum absolute atomic E-state index is 10.8. The zero-order chi connectivity index (χ0) is 8.97. The van der Waals surface area contributed by atoms with Crippen LogP contribution in [0.2, 0.25) is 0 Å². The van der Waals surface area contributed by atoms with Crippen LogP contribution in [0.5, 0.6) is 0 Å². The van der Waals surface area contributed by atoms with Gasteiger partial charge in [-0.3, -0.25) is 0 Å². The van der Waals surface area contributed by atoms with Crippen LogP contribution in [0.4, 0.5) is 0 Å². The van der Waals surface area contributed by atoms with Crippen LogP contribution in [0.25, 0.3) is 0 Å². The third-order valence-electron chi connectivity index (χ3n) is 2.07. The molecule has 0 radical (unpaired) electrons. The third-order valence-corrected chi connectivity index (χ3v) is 2.07. The molecule has 6 heteroatoms. The Hall–Kier alpha value is -1.04. The van der Waals surface area contributed by atoms with E-state index in [0.717, 1.165) is 12.8 Å². The number of piperidine rings is 1. The first kappa shape index (κ1) is 9.05. The second-order valence-corrected chi connectivity index (χ2v) is 2.95. The number of hydrogen-bond acceptors (Lipinski definition) is 3. The summed E-state index contributed by atoms with van der Waals surface area (Å²) >= 11 is 0. The molecule has 0 amide bonds. The second-order valence-electron chi connectivity index (χ2n) is 2.95. The van der Waals surface area contributed by atoms with Gasteiger partial charge in [-0.15, -0.1) is 5.01 Å². The highest BCUT2D eigenvalue weighted by atomic mass is 16.6. The molecule has 1 heterocycles. The Kier molecular flexibility index (Phi) is 3.09. The van der Waals surface area contributed by atoms with Crippen molar-refractivity contribution < 1.29 is 15.3 Å². The molecule has 0 aromatic carbocycles. The zero-order valence-corrected chi connectivity index (χ0v) is 6.76. The highest BCUT2D eigenvalue weighted by Crippen LogP contribution is 2.15. The maximum Gasteiger partial charge on any atom is 0.230 e. The van der Waals surface area contributed by atoms with Gasteiger partial charge in [0.05, 0.1) is 18.1 Å². The molecule has 1 unspecified atom stereocenters. The lowest BCUT2D eigenvalue weighted by Gasteiger charge is -2.27. The molecule has 2 N–H and O–H groups in total. The Morgan fingerprint density at radius 1 is 1.67 bits per heavy atom. The fourth-order valence-corrected chi connectivity index (χ4v) is 1.40. The van der Waals surface area contributed by atoms with E-state index in [0.29, 0.717) is 13.1 Å². The fourth-order valence-electron chi connectivity index (χ4n) is 1.40. The highest BCUT2D eigenvalue weighted by molar-refractivity contribution is 4.66. The van der Waals surface area contributed by atoms with Crippen molar-refractivity contribution in [1.29, 1.82) is 0 Å². The Bertz CT molecular complexity index is 173. The van der Waals surface area contributed by atoms with E-state index in [4.69, 9.17) is 10.3 Å². The molecule has 70 valence electrons. The van der Waals surface area contributed by atoms with Crippen LogP contribution in [0.1, 0.15) is 12.8 Å². The molecule has 12 heavy (non-hydrogen) atoms. The topological polar surface area (TPSA) is 82.1 Å². The lowest BCUT2D eigenvalue weighted by atomic mass is 10.0. The lowest BCUT2D eigenvalue weighted by Crippen LogP contribution is -2.40. The van der Waals surface area contributed by atoms with Gasteiger partial charge in [-0.2, -0.15) is 0 Å². The summed E-state index contributed by atoms with van der Waals surface area (Å²) < 4.78 is 0. The van der Waals surface area contributed by atoms with Gasteiger partial charge in [0.25, 0.3) is 0 Å². The van der Waals surface area contributed by atoms with E-state index in [1.807, 2.05) is 0 Å². The highest BCUT2D eigenvalue weighted by Gasteiger charge is 2.24. The van der Waals surface area contributed by atoms with Crippen LogP contribution in [0.3, 0.4) is 0 Å². The smallest absolute Gasteiger partial charge is 0.230 e. The molecule has 0 aromatic rings. The van der Waals surface area contributed by atoms with Crippen LogP contribution in [-0.4, -0.2) is 40.0 Å². The van der Waals surface area contributed by atoms with Gasteiger partial charge in [-0.05, 0) is 12.8 Å². The van der Waals surface area contributed by atoms with Crippen molar-refractivity contribution in [2.75, 3.05) is 19.7 Å². The van der Waals surface area contributed by atoms with Crippen LogP contribution >= 0.6 is 0 Å². The number of aliphatic hydroxyl groups excluding tert-OH is 1. The average molecular weight is 175 g/mol. The van der Waals surface area contributed by atoms with Crippen molar-refractivity contribution in [1.82, 2.24) is 5.01 Å². The molecular weight excluding hydrogens is 162 g/mol. The van der Waals surface area contributed by atoms with E-state index in [-0.39, 0.29) is 17.5 Å². The van der Waals surface area contributed by atoms with Gasteiger partial charge in [0.15, 0.2) is 0 Å². The van der Waals surface area contributed by atoms with Crippen LogP contribution in [0.15, 0.2) is 5.28 Å². The molecule has 1 saturated heterocycles. The van der Waals surface area contributed by atoms with E-state index in [9.17, 15) is 5.21 Å². The molecule has 1 rings (SSSR count). The molecular formula is C6H13N3O3. The minimum absolute atomic E-state index is 0.0791. The van der Waals surface area contributed by atoms with Crippen LogP contribution in [0, 0.1) is 11.1 Å². The van der Waals surface area contributed by atoms with Crippen molar-refractivity contribution >= 4 is 0 Å². The molecule has 1 atom stereocenters. The minimum Gasteiger partial charge on any atom is -0.569 e. The summed E-state index contributed by atoms with van der Waals surface area (Å²) in [7, 11) is 0. The second kappa shape index (κ2) is 4.10. The third kappa shape index (κ3) is 1.97. The van der Waals surface area contributed by atoms with Crippen LogP contribution < -0.4 is 0 Å². The van der Waals surface area contributed by atoms with Gasteiger partial charge in [-0.25, -0.2) is 0 Å². The summed E-state index contributed by atoms with van der Waals surface area (Å²) in [6, 6.07) is 0. The summed E-state index contributed by atoms with van der Waals surface area (Å²) in [4.78, 5) is 0.168. The molecule has 0 aliphatic carbocycles. The van der Waals surface area contributed by atoms with Crippen molar-refractivity contribution in [2.24, 2.45) is 11.2 Å². The maximum atomic E-state index is 10.8. The Morgan fingerprint density at radius 3 is 3.00 bits per heavy atom. The number of nitrogens with zero attached hydrogens (tertiary/aromatic N) is 3. The van der Waals surface area contributed by atoms with Crippen LogP contribution in [-0.2, 0) is 0 Å². The molecule has 1 fully saturated rings. The van der Waals surface area contributed by atoms with E-state index in [2.05, 4.69) is 5.28 Å². The number of aliphatic hydroxyl groups is 1. The Balaban J connectivity index is 2.45. The normalized spacial score (nSPS) is 25.9. The molecule has 1 aliphatic heterocycles. The number of hydrazine groups is 1. The van der Waals surface area contributed by atoms with E-state index in [1.165, 1.54) is 5.01 Å². The van der Waals surface area contributed by atoms with Gasteiger partial charge in [0, 0.05) is 12.5 Å². The van der Waals surface area contributed by atoms with Gasteiger partial charge in [-0.1, -0.05) is 0 Å². The first-order valence-electron chi connectivity index (χ1n) is 3.96. The first-order chi connectivity index (χ1) is 5.77. The summed E-state index contributed by atoms with van der Waals surface area (Å²) in [5.41, 5.74) is 0. The molecule has 1 aliphatic rings. The fraction of sp³-hybridized carbons (Fsp3) is 1.00. The molecule has 0 saturated carbocycles. The number of rotatable bonds is 2. The van der Waals surface area contributed by atoms with E-state index < -0.39 is 0 Å². The van der Waals surface area contributed by atoms with Gasteiger partial charge in [0.2, 0.25) is 5.28 Å². The average Bonchev–Trinajstić information content (AvgIpc) is 2.17. The largest absolute Gasteiger partial charge is 0.569 e. The first-order valence-corrected chi connectivity index (χ1v) is 3.96. The molecule has 0 bridgehead atoms. The van der Waals surface area contributed by atoms with Gasteiger partial charge >= 0.3 is 0 Å². The summed E-state index contributed by atoms with van der Waals surface area (Å²) in [5.74, 6) is 0.122. The Morgan fingerprint density at radius 2 is 2.42 bits per heavy atom. The SMILES string of the molecule is [O-][N+](=NO)N1CCCC(CO)C1. The monoisotopic (exact) mass is 175 g/mol. The minimum atomic E-state index is 0.0791. The van der Waals surface area contributed by atoms with E-state index >= 15 is 0 Å². The predicted octanol–water partition coefficient (Wildman–Crippen LogP) is -0.0426. The number of hydrogen-bond donors (Lipinski definition) is 2. The summed E-state index contributed by atoms with van der Waals surface area (Å²) in [5, 5.41) is 31.6. The van der Waals surface area contributed by atoms with Gasteiger partial charge in [0.1, 0.15) is 0 Å². The molecule has 0 spiro atoms. The van der Waals surface area contributed by atoms with Crippen molar-refractivity contribution in [2.45, 2.75) is 12.8 Å². The summed E-state index contributed by atoms with van der Waals surface area (Å²) in [6.07, 6.45) is 1.77.